The van der Waals surface area contributed by atoms with Crippen molar-refractivity contribution in [2.45, 2.75) is 12.0 Å². The summed E-state index contributed by atoms with van der Waals surface area (Å²) < 4.78 is 35.3. The highest BCUT2D eigenvalue weighted by atomic mass is 19.1. The maximum Gasteiger partial charge on any atom is 0.254 e. The molecule has 2 unspecified atom stereocenters. The molecule has 1 aliphatic rings. The second kappa shape index (κ2) is 11.3. The van der Waals surface area contributed by atoms with Gasteiger partial charge in [-0.05, 0) is 29.3 Å². The first-order valence-corrected chi connectivity index (χ1v) is 11.7. The number of hydrogen-bond acceptors (Lipinski definition) is 6. The van der Waals surface area contributed by atoms with Gasteiger partial charge in [0.05, 0.1) is 39.9 Å². The number of nitrogens with zero attached hydrogens (tertiary/aromatic N) is 1. The predicted molar refractivity (Wildman–Crippen MR) is 136 cm³/mol. The zero-order valence-corrected chi connectivity index (χ0v) is 21.1. The largest absolute Gasteiger partial charge is 0.493 e. The lowest BCUT2D eigenvalue weighted by atomic mass is 9.79. The molecule has 1 N–H and O–H groups in total. The first-order chi connectivity index (χ1) is 17.9. The molecule has 0 fully saturated rings. The molecule has 0 bridgehead atoms. The van der Waals surface area contributed by atoms with Gasteiger partial charge >= 0.3 is 0 Å². The van der Waals surface area contributed by atoms with E-state index in [0.717, 1.165) is 0 Å². The van der Waals surface area contributed by atoms with Gasteiger partial charge in [-0.15, -0.1) is 0 Å². The lowest BCUT2D eigenvalue weighted by Crippen LogP contribution is -2.47. The standard InChI is InChI=1S/C28H29FN2O6/c1-34-14-13-31-25(17-9-11-18(29)12-10-17)24(20-7-5-6-8-21(20)28(31)33)27(32)30-19-15-22(35-2)26(37-4)23(16-19)36-3/h5-12,15-16,24-25H,13-14H2,1-4H3,(H,30,32). The molecule has 194 valence electrons. The minimum atomic E-state index is -0.796. The van der Waals surface area contributed by atoms with E-state index in [1.807, 2.05) is 0 Å². The van der Waals surface area contributed by atoms with Gasteiger partial charge < -0.3 is 29.2 Å². The van der Waals surface area contributed by atoms with Gasteiger partial charge in [0, 0.05) is 37.0 Å². The van der Waals surface area contributed by atoms with Gasteiger partial charge in [0.2, 0.25) is 11.7 Å². The average Bonchev–Trinajstić information content (AvgIpc) is 2.92. The van der Waals surface area contributed by atoms with Crippen LogP contribution in [0.1, 0.15) is 33.4 Å². The number of carbonyl (C=O) groups excluding carboxylic acids is 2. The number of nitrogens with one attached hydrogen (secondary N) is 1. The number of ether oxygens (including phenoxy) is 4. The Morgan fingerprint density at radius 3 is 2.19 bits per heavy atom. The van der Waals surface area contributed by atoms with E-state index in [-0.39, 0.29) is 25.0 Å². The molecule has 37 heavy (non-hydrogen) atoms. The van der Waals surface area contributed by atoms with Crippen LogP contribution in [0.2, 0.25) is 0 Å². The molecule has 0 spiro atoms. The molecule has 2 amide bonds. The Hall–Kier alpha value is -4.11. The molecule has 0 saturated heterocycles. The van der Waals surface area contributed by atoms with E-state index in [2.05, 4.69) is 5.32 Å². The Kier molecular flexibility index (Phi) is 7.93. The number of benzene rings is 3. The van der Waals surface area contributed by atoms with E-state index in [1.54, 1.807) is 60.5 Å². The van der Waals surface area contributed by atoms with Crippen molar-refractivity contribution in [2.75, 3.05) is 46.9 Å². The molecule has 3 aromatic rings. The summed E-state index contributed by atoms with van der Waals surface area (Å²) in [6.45, 7) is 0.520. The quantitative estimate of drug-likeness (QED) is 0.461. The maximum absolute atomic E-state index is 14.0. The van der Waals surface area contributed by atoms with Crippen molar-refractivity contribution in [1.29, 1.82) is 0 Å². The number of amides is 2. The summed E-state index contributed by atoms with van der Waals surface area (Å²) in [5, 5.41) is 2.96. The summed E-state index contributed by atoms with van der Waals surface area (Å²) in [7, 11) is 6.02. The minimum Gasteiger partial charge on any atom is -0.493 e. The topological polar surface area (TPSA) is 86.3 Å². The summed E-state index contributed by atoms with van der Waals surface area (Å²) in [6, 6.07) is 15.4. The molecular weight excluding hydrogens is 479 g/mol. The van der Waals surface area contributed by atoms with Gasteiger partial charge in [0.15, 0.2) is 11.5 Å². The molecule has 2 atom stereocenters. The molecule has 4 rings (SSSR count). The number of carbonyl (C=O) groups is 2. The normalized spacial score (nSPS) is 16.7. The Morgan fingerprint density at radius 2 is 1.59 bits per heavy atom. The zero-order chi connectivity index (χ0) is 26.5. The van der Waals surface area contributed by atoms with Crippen molar-refractivity contribution in [2.24, 2.45) is 0 Å². The van der Waals surface area contributed by atoms with Gasteiger partial charge in [-0.3, -0.25) is 9.59 Å². The SMILES string of the molecule is COCCN1C(=O)c2ccccc2C(C(=O)Nc2cc(OC)c(OC)c(OC)c2)C1c1ccc(F)cc1. The summed E-state index contributed by atoms with van der Waals surface area (Å²) in [5.41, 5.74) is 2.07. The Morgan fingerprint density at radius 1 is 0.946 bits per heavy atom. The van der Waals surface area contributed by atoms with Crippen molar-refractivity contribution in [3.63, 3.8) is 0 Å². The maximum atomic E-state index is 14.0. The van der Waals surface area contributed by atoms with Crippen LogP contribution >= 0.6 is 0 Å². The fraction of sp³-hybridized carbons (Fsp3) is 0.286. The van der Waals surface area contributed by atoms with Crippen LogP contribution in [0.25, 0.3) is 0 Å². The smallest absolute Gasteiger partial charge is 0.254 e. The van der Waals surface area contributed by atoms with Crippen LogP contribution in [0.4, 0.5) is 10.1 Å². The second-order valence-corrected chi connectivity index (χ2v) is 8.46. The van der Waals surface area contributed by atoms with Gasteiger partial charge in [-0.2, -0.15) is 0 Å². The van der Waals surface area contributed by atoms with Crippen molar-refractivity contribution >= 4 is 17.5 Å². The van der Waals surface area contributed by atoms with E-state index in [0.29, 0.717) is 39.6 Å². The molecule has 0 aliphatic carbocycles. The second-order valence-electron chi connectivity index (χ2n) is 8.46. The molecule has 3 aromatic carbocycles. The van der Waals surface area contributed by atoms with E-state index in [9.17, 15) is 14.0 Å². The highest BCUT2D eigenvalue weighted by Gasteiger charge is 2.44. The summed E-state index contributed by atoms with van der Waals surface area (Å²) >= 11 is 0. The molecule has 0 aromatic heterocycles. The van der Waals surface area contributed by atoms with Crippen LogP contribution < -0.4 is 19.5 Å². The van der Waals surface area contributed by atoms with E-state index >= 15 is 0 Å². The Balaban J connectivity index is 1.82. The van der Waals surface area contributed by atoms with E-state index in [1.165, 1.54) is 33.5 Å². The monoisotopic (exact) mass is 508 g/mol. The van der Waals surface area contributed by atoms with Crippen LogP contribution in [-0.2, 0) is 9.53 Å². The molecule has 0 saturated carbocycles. The van der Waals surface area contributed by atoms with Crippen molar-refractivity contribution < 1.29 is 32.9 Å². The third-order valence-corrected chi connectivity index (χ3v) is 6.40. The van der Waals surface area contributed by atoms with Crippen LogP contribution in [0, 0.1) is 5.82 Å². The van der Waals surface area contributed by atoms with Crippen LogP contribution in [0.15, 0.2) is 60.7 Å². The minimum absolute atomic E-state index is 0.223. The molecule has 0 radical (unpaired) electrons. The van der Waals surface area contributed by atoms with Gasteiger partial charge in [0.25, 0.3) is 5.91 Å². The number of anilines is 1. The summed E-state index contributed by atoms with van der Waals surface area (Å²) in [5.74, 6) is -0.624. The number of fused-ring (bicyclic) bond motifs is 1. The third kappa shape index (κ3) is 5.08. The molecule has 1 aliphatic heterocycles. The highest BCUT2D eigenvalue weighted by Crippen LogP contribution is 2.44. The fourth-order valence-electron chi connectivity index (χ4n) is 4.71. The van der Waals surface area contributed by atoms with Gasteiger partial charge in [-0.1, -0.05) is 30.3 Å². The van der Waals surface area contributed by atoms with Crippen LogP contribution in [0.3, 0.4) is 0 Å². The summed E-state index contributed by atoms with van der Waals surface area (Å²) in [6.07, 6.45) is 0. The van der Waals surface area contributed by atoms with Gasteiger partial charge in [-0.25, -0.2) is 4.39 Å². The number of methoxy groups -OCH3 is 4. The average molecular weight is 509 g/mol. The third-order valence-electron chi connectivity index (χ3n) is 6.40. The zero-order valence-electron chi connectivity index (χ0n) is 21.1. The molecule has 9 heteroatoms. The highest BCUT2D eigenvalue weighted by molar-refractivity contribution is 6.04. The van der Waals surface area contributed by atoms with Crippen molar-refractivity contribution in [3.05, 3.63) is 83.2 Å². The molecule has 1 heterocycles. The first-order valence-electron chi connectivity index (χ1n) is 11.7. The van der Waals surface area contributed by atoms with Crippen LogP contribution in [0.5, 0.6) is 17.2 Å². The van der Waals surface area contributed by atoms with Gasteiger partial charge in [0.1, 0.15) is 5.82 Å². The molecular formula is C28H29FN2O6. The Labute approximate surface area is 214 Å². The fourth-order valence-corrected chi connectivity index (χ4v) is 4.71. The predicted octanol–water partition coefficient (Wildman–Crippen LogP) is 4.42. The molecule has 8 nitrogen and oxygen atoms in total. The van der Waals surface area contributed by atoms with Crippen molar-refractivity contribution in [3.8, 4) is 17.2 Å². The first kappa shape index (κ1) is 26.0. The number of hydrogen-bond donors (Lipinski definition) is 1. The Bertz CT molecular complexity index is 1250. The van der Waals surface area contributed by atoms with E-state index < -0.39 is 17.8 Å². The van der Waals surface area contributed by atoms with Crippen molar-refractivity contribution in [1.82, 2.24) is 4.90 Å². The lowest BCUT2D eigenvalue weighted by molar-refractivity contribution is -0.119. The lowest BCUT2D eigenvalue weighted by Gasteiger charge is -2.41. The number of rotatable bonds is 9. The van der Waals surface area contributed by atoms with Crippen LogP contribution in [-0.4, -0.2) is 58.3 Å². The summed E-state index contributed by atoms with van der Waals surface area (Å²) in [4.78, 5) is 29.2. The number of halogens is 1. The van der Waals surface area contributed by atoms with E-state index in [4.69, 9.17) is 18.9 Å².